The Balaban J connectivity index is 1.61. The van der Waals surface area contributed by atoms with Crippen molar-refractivity contribution in [2.75, 3.05) is 39.4 Å². The minimum absolute atomic E-state index is 0.0540. The molecule has 0 radical (unpaired) electrons. The number of rotatable bonds is 9. The predicted molar refractivity (Wildman–Crippen MR) is 107 cm³/mol. The maximum absolute atomic E-state index is 12.6. The minimum atomic E-state index is 0.0540. The molecule has 0 saturated carbocycles. The maximum Gasteiger partial charge on any atom is 0.176 e. The van der Waals surface area contributed by atoms with Gasteiger partial charge in [0.2, 0.25) is 0 Å². The summed E-state index contributed by atoms with van der Waals surface area (Å²) in [6.07, 6.45) is 0. The number of benzene rings is 2. The number of nitrogens with zero attached hydrogens (tertiary/aromatic N) is 1. The summed E-state index contributed by atoms with van der Waals surface area (Å²) in [7, 11) is 0. The van der Waals surface area contributed by atoms with Gasteiger partial charge in [-0.1, -0.05) is 44.2 Å². The van der Waals surface area contributed by atoms with Gasteiger partial charge in [0.05, 0.1) is 6.54 Å². The van der Waals surface area contributed by atoms with Crippen molar-refractivity contribution >= 4 is 5.78 Å². The van der Waals surface area contributed by atoms with Crippen LogP contribution in [0.4, 0.5) is 0 Å². The molecule has 27 heavy (non-hydrogen) atoms. The van der Waals surface area contributed by atoms with Crippen LogP contribution >= 0.6 is 0 Å². The summed E-state index contributed by atoms with van der Waals surface area (Å²) in [4.78, 5) is 15.0. The van der Waals surface area contributed by atoms with Crippen LogP contribution in [0.1, 0.15) is 35.8 Å². The third kappa shape index (κ3) is 4.87. The molecule has 144 valence electrons. The van der Waals surface area contributed by atoms with Crippen LogP contribution in [0.15, 0.2) is 48.5 Å². The number of carbonyl (C=O) groups excluding carboxylic acids is 1. The van der Waals surface area contributed by atoms with Crippen LogP contribution in [0.2, 0.25) is 0 Å². The summed E-state index contributed by atoms with van der Waals surface area (Å²) in [6, 6.07) is 16.1. The lowest BCUT2D eigenvalue weighted by Gasteiger charge is -2.30. The molecule has 2 aromatic rings. The van der Waals surface area contributed by atoms with Crippen LogP contribution in [0, 0.1) is 0 Å². The van der Waals surface area contributed by atoms with E-state index in [1.54, 1.807) is 12.1 Å². The minimum Gasteiger partial charge on any atom is -0.486 e. The first-order valence-electron chi connectivity index (χ1n) is 9.65. The fraction of sp³-hybridized carbons (Fsp3) is 0.409. The summed E-state index contributed by atoms with van der Waals surface area (Å²) in [5.41, 5.74) is 1.91. The predicted octanol–water partition coefficient (Wildman–Crippen LogP) is 3.31. The van der Waals surface area contributed by atoms with E-state index in [2.05, 4.69) is 48.3 Å². The standard InChI is InChI=1S/C22H28N2O3/c1-3-24(4-2)19(17-8-6-5-7-9-17)15-23-16-20(25)18-10-11-21-22(14-18)27-13-12-26-21/h5-11,14,19,23H,3-4,12-13,15-16H2,1-2H3. The fourth-order valence-corrected chi connectivity index (χ4v) is 3.44. The molecular formula is C22H28N2O3. The number of likely N-dealkylation sites (N-methyl/N-ethyl adjacent to an activating group) is 1. The molecule has 1 unspecified atom stereocenters. The van der Waals surface area contributed by atoms with Gasteiger partial charge in [-0.2, -0.15) is 0 Å². The first kappa shape index (κ1) is 19.4. The van der Waals surface area contributed by atoms with Gasteiger partial charge in [0, 0.05) is 18.2 Å². The Morgan fingerprint density at radius 3 is 2.44 bits per heavy atom. The van der Waals surface area contributed by atoms with Gasteiger partial charge in [0.15, 0.2) is 17.3 Å². The molecule has 1 aliphatic rings. The second-order valence-electron chi connectivity index (χ2n) is 6.56. The van der Waals surface area contributed by atoms with E-state index in [1.165, 1.54) is 5.56 Å². The molecule has 0 fully saturated rings. The van der Waals surface area contributed by atoms with Crippen LogP contribution in [0.25, 0.3) is 0 Å². The molecule has 3 rings (SSSR count). The molecular weight excluding hydrogens is 340 g/mol. The summed E-state index contributed by atoms with van der Waals surface area (Å²) in [6.45, 7) is 8.35. The van der Waals surface area contributed by atoms with E-state index in [0.29, 0.717) is 36.8 Å². The molecule has 0 bridgehead atoms. The van der Waals surface area contributed by atoms with E-state index in [4.69, 9.17) is 9.47 Å². The van der Waals surface area contributed by atoms with Crippen molar-refractivity contribution in [1.29, 1.82) is 0 Å². The molecule has 1 atom stereocenters. The average Bonchev–Trinajstić information content (AvgIpc) is 2.73. The normalized spacial score (nSPS) is 14.2. The lowest BCUT2D eigenvalue weighted by molar-refractivity contribution is 0.0985. The highest BCUT2D eigenvalue weighted by Crippen LogP contribution is 2.30. The summed E-state index contributed by atoms with van der Waals surface area (Å²) >= 11 is 0. The molecule has 0 aliphatic carbocycles. The summed E-state index contributed by atoms with van der Waals surface area (Å²) in [5.74, 6) is 1.41. The number of carbonyl (C=O) groups is 1. The molecule has 5 nitrogen and oxygen atoms in total. The molecule has 0 aromatic heterocycles. The maximum atomic E-state index is 12.6. The number of nitrogens with one attached hydrogen (secondary N) is 1. The number of ether oxygens (including phenoxy) is 2. The Labute approximate surface area is 161 Å². The highest BCUT2D eigenvalue weighted by molar-refractivity contribution is 5.98. The Morgan fingerprint density at radius 1 is 1.04 bits per heavy atom. The van der Waals surface area contributed by atoms with Gasteiger partial charge in [-0.05, 0) is 36.9 Å². The number of Topliss-reactive ketones (excluding diaryl/α,β-unsaturated/α-hetero) is 1. The second-order valence-corrected chi connectivity index (χ2v) is 6.56. The van der Waals surface area contributed by atoms with E-state index >= 15 is 0 Å². The molecule has 2 aromatic carbocycles. The van der Waals surface area contributed by atoms with Crippen molar-refractivity contribution in [1.82, 2.24) is 10.2 Å². The first-order valence-corrected chi connectivity index (χ1v) is 9.65. The zero-order valence-electron chi connectivity index (χ0n) is 16.1. The van der Waals surface area contributed by atoms with Crippen LogP contribution in [0.3, 0.4) is 0 Å². The van der Waals surface area contributed by atoms with E-state index in [9.17, 15) is 4.79 Å². The summed E-state index contributed by atoms with van der Waals surface area (Å²) < 4.78 is 11.1. The van der Waals surface area contributed by atoms with Crippen LogP contribution in [0.5, 0.6) is 11.5 Å². The monoisotopic (exact) mass is 368 g/mol. The van der Waals surface area contributed by atoms with E-state index < -0.39 is 0 Å². The van der Waals surface area contributed by atoms with Gasteiger partial charge in [-0.15, -0.1) is 0 Å². The largest absolute Gasteiger partial charge is 0.486 e. The van der Waals surface area contributed by atoms with Crippen molar-refractivity contribution in [2.45, 2.75) is 19.9 Å². The number of hydrogen-bond donors (Lipinski definition) is 1. The van der Waals surface area contributed by atoms with Crippen LogP contribution in [-0.2, 0) is 0 Å². The van der Waals surface area contributed by atoms with Crippen molar-refractivity contribution in [2.24, 2.45) is 0 Å². The van der Waals surface area contributed by atoms with Crippen molar-refractivity contribution in [3.63, 3.8) is 0 Å². The smallest absolute Gasteiger partial charge is 0.176 e. The lowest BCUT2D eigenvalue weighted by Crippen LogP contribution is -2.37. The molecule has 0 spiro atoms. The molecule has 1 N–H and O–H groups in total. The molecule has 1 heterocycles. The van der Waals surface area contributed by atoms with Crippen LogP contribution in [-0.4, -0.2) is 50.1 Å². The topological polar surface area (TPSA) is 50.8 Å². The van der Waals surface area contributed by atoms with E-state index in [-0.39, 0.29) is 11.8 Å². The Hall–Kier alpha value is -2.37. The van der Waals surface area contributed by atoms with Gasteiger partial charge < -0.3 is 14.8 Å². The second kappa shape index (κ2) is 9.53. The SMILES string of the molecule is CCN(CC)C(CNCC(=O)c1ccc2c(c1)OCCO2)c1ccccc1. The molecule has 0 amide bonds. The quantitative estimate of drug-likeness (QED) is 0.688. The van der Waals surface area contributed by atoms with Crippen molar-refractivity contribution in [3.8, 4) is 11.5 Å². The number of hydrogen-bond acceptors (Lipinski definition) is 5. The van der Waals surface area contributed by atoms with Gasteiger partial charge in [-0.25, -0.2) is 0 Å². The van der Waals surface area contributed by atoms with Crippen molar-refractivity contribution < 1.29 is 14.3 Å². The Bertz CT molecular complexity index is 744. The fourth-order valence-electron chi connectivity index (χ4n) is 3.44. The van der Waals surface area contributed by atoms with E-state index in [0.717, 1.165) is 19.6 Å². The Morgan fingerprint density at radius 2 is 1.74 bits per heavy atom. The first-order chi connectivity index (χ1) is 13.2. The van der Waals surface area contributed by atoms with Gasteiger partial charge in [0.25, 0.3) is 0 Å². The lowest BCUT2D eigenvalue weighted by atomic mass is 10.0. The average molecular weight is 368 g/mol. The Kier molecular flexibility index (Phi) is 6.85. The summed E-state index contributed by atoms with van der Waals surface area (Å²) in [5, 5.41) is 3.35. The van der Waals surface area contributed by atoms with Gasteiger partial charge in [0.1, 0.15) is 13.2 Å². The highest BCUT2D eigenvalue weighted by Gasteiger charge is 2.19. The molecule has 1 aliphatic heterocycles. The third-order valence-corrected chi connectivity index (χ3v) is 4.92. The zero-order chi connectivity index (χ0) is 19.1. The number of fused-ring (bicyclic) bond motifs is 1. The van der Waals surface area contributed by atoms with Gasteiger partial charge in [-0.3, -0.25) is 9.69 Å². The van der Waals surface area contributed by atoms with E-state index in [1.807, 2.05) is 12.1 Å². The third-order valence-electron chi connectivity index (χ3n) is 4.92. The zero-order valence-corrected chi connectivity index (χ0v) is 16.1. The van der Waals surface area contributed by atoms with Crippen LogP contribution < -0.4 is 14.8 Å². The highest BCUT2D eigenvalue weighted by atomic mass is 16.6. The molecule has 5 heteroatoms. The number of ketones is 1. The van der Waals surface area contributed by atoms with Crippen molar-refractivity contribution in [3.05, 3.63) is 59.7 Å². The molecule has 0 saturated heterocycles. The van der Waals surface area contributed by atoms with Gasteiger partial charge >= 0.3 is 0 Å².